The fourth-order valence-corrected chi connectivity index (χ4v) is 5.88. The van der Waals surface area contributed by atoms with E-state index in [-0.39, 0.29) is 17.0 Å². The molecule has 8 aromatic rings. The molecule has 6 heterocycles. The van der Waals surface area contributed by atoms with E-state index in [0.717, 1.165) is 21.1 Å². The van der Waals surface area contributed by atoms with Crippen molar-refractivity contribution in [3.05, 3.63) is 177 Å². The second kappa shape index (κ2) is 25.1. The predicted octanol–water partition coefficient (Wildman–Crippen LogP) is 10.5. The van der Waals surface area contributed by atoms with Crippen molar-refractivity contribution in [1.82, 2.24) is 29.9 Å². The first-order valence-corrected chi connectivity index (χ1v) is 20.9. The molecule has 332 valence electrons. The summed E-state index contributed by atoms with van der Waals surface area (Å²) < 4.78 is 54.2. The van der Waals surface area contributed by atoms with E-state index in [1.807, 2.05) is 30.3 Å². The van der Waals surface area contributed by atoms with Crippen LogP contribution < -0.4 is 34.9 Å². The molecule has 4 N–H and O–H groups in total. The number of nitrogens with two attached hydrogens (primary N) is 1. The molecule has 0 amide bonds. The summed E-state index contributed by atoms with van der Waals surface area (Å²) in [6.45, 7) is 0. The zero-order valence-electron chi connectivity index (χ0n) is 33.9. The quantitative estimate of drug-likeness (QED) is 0.0866. The van der Waals surface area contributed by atoms with Gasteiger partial charge in [-0.2, -0.15) is 0 Å². The second-order valence-corrected chi connectivity index (χ2v) is 14.9. The standard InChI is InChI=1S/C17H12ClFN2O2.C10H6BrClN2O.C10H8BrN3O.C7H8BFO3/c1-22-15-9-11(19)4-6-13(15)14-3-2-8-20-17(14)23-12-5-7-16(18)21-10-12;2*11-8-2-1-5-13-10(8)15-7-3-4-9(12)14-6-7;1-12-7-4-5(9)2-3-6(7)8(10)11/h2-10H,1H3;1-6H;1-6H,(H2,12,14);2-4,10-11H,1H3. The number of halogens is 6. The number of benzene rings is 2. The molecule has 2 aromatic carbocycles. The normalized spacial score (nSPS) is 10.1. The molecule has 0 atom stereocenters. The zero-order chi connectivity index (χ0) is 46.7. The Morgan fingerprint density at radius 1 is 0.538 bits per heavy atom. The highest BCUT2D eigenvalue weighted by Crippen LogP contribution is 2.37. The van der Waals surface area contributed by atoms with Gasteiger partial charge in [0.1, 0.15) is 56.5 Å². The van der Waals surface area contributed by atoms with Crippen LogP contribution in [0.15, 0.2) is 155 Å². The Morgan fingerprint density at radius 3 is 1.46 bits per heavy atom. The molecule has 0 aliphatic rings. The maximum atomic E-state index is 13.4. The van der Waals surface area contributed by atoms with Crippen molar-refractivity contribution in [3.8, 4) is 57.5 Å². The van der Waals surface area contributed by atoms with Gasteiger partial charge in [0, 0.05) is 47.3 Å². The molecule has 0 spiro atoms. The first kappa shape index (κ1) is 49.5. The smallest absolute Gasteiger partial charge is 0.492 e. The maximum Gasteiger partial charge on any atom is 0.492 e. The molecule has 0 bridgehead atoms. The molecule has 8 rings (SSSR count). The summed E-state index contributed by atoms with van der Waals surface area (Å²) >= 11 is 18.1. The fourth-order valence-electron chi connectivity index (χ4n) is 4.99. The number of nitrogens with zero attached hydrogens (tertiary/aromatic N) is 6. The fraction of sp³-hybridized carbons (Fsp3) is 0.0455. The van der Waals surface area contributed by atoms with Crippen LogP contribution in [0.2, 0.25) is 10.3 Å². The van der Waals surface area contributed by atoms with E-state index in [0.29, 0.717) is 67.9 Å². The SMILES string of the molecule is COc1cc(F)ccc1-c1cccnc1Oc1ccc(Cl)nc1.COc1cc(F)ccc1B(O)O.Clc1ccc(Oc2ncccc2Br)cn1.Nc1ccc(Oc2ncccc2Br)cn1. The molecule has 0 fully saturated rings. The van der Waals surface area contributed by atoms with Crippen LogP contribution in [0.4, 0.5) is 14.6 Å². The summed E-state index contributed by atoms with van der Waals surface area (Å²) in [5.41, 5.74) is 6.97. The molecule has 14 nitrogen and oxygen atoms in total. The summed E-state index contributed by atoms with van der Waals surface area (Å²) in [5, 5.41) is 18.4. The Balaban J connectivity index is 0.000000168. The lowest BCUT2D eigenvalue weighted by Gasteiger charge is -2.12. The highest BCUT2D eigenvalue weighted by molar-refractivity contribution is 9.10. The van der Waals surface area contributed by atoms with E-state index in [1.165, 1.54) is 38.6 Å². The van der Waals surface area contributed by atoms with Crippen molar-refractivity contribution in [2.45, 2.75) is 0 Å². The summed E-state index contributed by atoms with van der Waals surface area (Å²) in [6, 6.07) is 28.8. The zero-order valence-corrected chi connectivity index (χ0v) is 38.6. The molecule has 0 saturated heterocycles. The Labute approximate surface area is 398 Å². The summed E-state index contributed by atoms with van der Waals surface area (Å²) in [7, 11) is 1.18. The predicted molar refractivity (Wildman–Crippen MR) is 250 cm³/mol. The largest absolute Gasteiger partial charge is 0.497 e. The Morgan fingerprint density at radius 2 is 1.00 bits per heavy atom. The van der Waals surface area contributed by atoms with Gasteiger partial charge in [-0.25, -0.2) is 38.7 Å². The minimum Gasteiger partial charge on any atom is -0.497 e. The third-order valence-corrected chi connectivity index (χ3v) is 9.61. The van der Waals surface area contributed by atoms with Gasteiger partial charge < -0.3 is 39.5 Å². The van der Waals surface area contributed by atoms with Crippen LogP contribution in [0.1, 0.15) is 0 Å². The molecule has 6 aromatic heterocycles. The summed E-state index contributed by atoms with van der Waals surface area (Å²) in [6.07, 6.45) is 9.52. The number of ether oxygens (including phenoxy) is 5. The number of anilines is 1. The van der Waals surface area contributed by atoms with E-state index in [1.54, 1.807) is 79.5 Å². The number of pyridine rings is 6. The molecule has 65 heavy (non-hydrogen) atoms. The number of aromatic nitrogens is 6. The molecular formula is C44H34BBr2Cl2F2N7O7. The Hall–Kier alpha value is -6.48. The highest BCUT2D eigenvalue weighted by atomic mass is 79.9. The van der Waals surface area contributed by atoms with Gasteiger partial charge in [0.05, 0.1) is 41.8 Å². The third-order valence-electron chi connectivity index (χ3n) is 7.95. The third kappa shape index (κ3) is 15.6. The van der Waals surface area contributed by atoms with Crippen molar-refractivity contribution >= 4 is 73.5 Å². The van der Waals surface area contributed by atoms with Gasteiger partial charge in [-0.3, -0.25) is 0 Å². The van der Waals surface area contributed by atoms with Crippen molar-refractivity contribution < 1.29 is 42.5 Å². The van der Waals surface area contributed by atoms with E-state index in [2.05, 4.69) is 61.8 Å². The lowest BCUT2D eigenvalue weighted by atomic mass is 9.79. The van der Waals surface area contributed by atoms with Crippen molar-refractivity contribution in [1.29, 1.82) is 0 Å². The minimum atomic E-state index is -1.64. The van der Waals surface area contributed by atoms with Gasteiger partial charge in [-0.15, -0.1) is 0 Å². The van der Waals surface area contributed by atoms with Gasteiger partial charge in [0.15, 0.2) is 0 Å². The molecule has 21 heteroatoms. The maximum absolute atomic E-state index is 13.4. The summed E-state index contributed by atoms with van der Waals surface area (Å²) in [5.74, 6) is 3.20. The molecule has 0 radical (unpaired) electrons. The van der Waals surface area contributed by atoms with Crippen LogP contribution in [-0.2, 0) is 0 Å². The lowest BCUT2D eigenvalue weighted by Crippen LogP contribution is -2.31. The first-order valence-electron chi connectivity index (χ1n) is 18.5. The van der Waals surface area contributed by atoms with Gasteiger partial charge in [-0.1, -0.05) is 29.3 Å². The second-order valence-electron chi connectivity index (χ2n) is 12.4. The molecule has 0 aliphatic carbocycles. The average molecular weight is 1050 g/mol. The highest BCUT2D eigenvalue weighted by Gasteiger charge is 2.17. The van der Waals surface area contributed by atoms with E-state index < -0.39 is 12.9 Å². The van der Waals surface area contributed by atoms with Crippen molar-refractivity contribution in [2.75, 3.05) is 20.0 Å². The minimum absolute atomic E-state index is 0.130. The van der Waals surface area contributed by atoms with Gasteiger partial charge in [0.25, 0.3) is 0 Å². The van der Waals surface area contributed by atoms with Crippen molar-refractivity contribution in [3.63, 3.8) is 0 Å². The van der Waals surface area contributed by atoms with Crippen LogP contribution in [-0.4, -0.2) is 61.3 Å². The van der Waals surface area contributed by atoms with Gasteiger partial charge in [-0.05, 0) is 123 Å². The molecular weight excluding hydrogens is 1020 g/mol. The molecule has 0 saturated carbocycles. The van der Waals surface area contributed by atoms with E-state index in [9.17, 15) is 8.78 Å². The van der Waals surface area contributed by atoms with E-state index >= 15 is 0 Å². The van der Waals surface area contributed by atoms with Crippen LogP contribution in [0.5, 0.6) is 46.4 Å². The molecule has 0 unspecified atom stereocenters. The number of hydrogen-bond donors (Lipinski definition) is 3. The summed E-state index contributed by atoms with van der Waals surface area (Å²) in [4.78, 5) is 24.2. The number of rotatable bonds is 10. The van der Waals surface area contributed by atoms with Crippen LogP contribution >= 0.6 is 55.1 Å². The number of nitrogen functional groups attached to an aromatic ring is 1. The average Bonchev–Trinajstić information content (AvgIpc) is 3.31. The monoisotopic (exact) mass is 1050 g/mol. The van der Waals surface area contributed by atoms with Gasteiger partial charge >= 0.3 is 7.12 Å². The van der Waals surface area contributed by atoms with Crippen LogP contribution in [0.3, 0.4) is 0 Å². The van der Waals surface area contributed by atoms with Crippen LogP contribution in [0.25, 0.3) is 11.1 Å². The first-order chi connectivity index (χ1) is 31.3. The lowest BCUT2D eigenvalue weighted by molar-refractivity contribution is 0.401. The van der Waals surface area contributed by atoms with Gasteiger partial charge in [0.2, 0.25) is 17.6 Å². The molecule has 0 aliphatic heterocycles. The Bertz CT molecular complexity index is 2670. The van der Waals surface area contributed by atoms with Crippen molar-refractivity contribution in [2.24, 2.45) is 0 Å². The number of hydrogen-bond acceptors (Lipinski definition) is 14. The number of methoxy groups -OCH3 is 2. The Kier molecular flexibility index (Phi) is 19.2. The van der Waals surface area contributed by atoms with Crippen LogP contribution in [0, 0.1) is 11.6 Å². The van der Waals surface area contributed by atoms with E-state index in [4.69, 9.17) is 62.7 Å². The topological polar surface area (TPSA) is 190 Å².